The highest BCUT2D eigenvalue weighted by molar-refractivity contribution is 7.18. The molecule has 0 radical (unpaired) electrons. The number of carbonyl (C=O) groups excluding carboxylic acids is 3. The Morgan fingerprint density at radius 2 is 1.93 bits per heavy atom. The fourth-order valence-electron chi connectivity index (χ4n) is 2.39. The van der Waals surface area contributed by atoms with Gasteiger partial charge in [0.15, 0.2) is 0 Å². The van der Waals surface area contributed by atoms with E-state index >= 15 is 0 Å². The third-order valence-electron chi connectivity index (χ3n) is 3.84. The number of thiophene rings is 1. The summed E-state index contributed by atoms with van der Waals surface area (Å²) < 4.78 is 11.7. The molecule has 1 amide bonds. The molecule has 0 aliphatic carbocycles. The molecule has 2 aromatic rings. The lowest BCUT2D eigenvalue weighted by Gasteiger charge is -2.08. The Morgan fingerprint density at radius 3 is 2.50 bits per heavy atom. The van der Waals surface area contributed by atoms with Crippen molar-refractivity contribution in [1.82, 2.24) is 9.78 Å². The Labute approximate surface area is 171 Å². The highest BCUT2D eigenvalue weighted by Crippen LogP contribution is 2.34. The maximum atomic E-state index is 12.5. The Balaban J connectivity index is 2.30. The Morgan fingerprint density at radius 1 is 1.21 bits per heavy atom. The van der Waals surface area contributed by atoms with Gasteiger partial charge in [-0.1, -0.05) is 18.5 Å². The Bertz CT molecular complexity index is 890. The second-order valence-electron chi connectivity index (χ2n) is 5.90. The van der Waals surface area contributed by atoms with Gasteiger partial charge in [0, 0.05) is 0 Å². The van der Waals surface area contributed by atoms with E-state index < -0.39 is 17.8 Å². The molecule has 0 bridgehead atoms. The first-order chi connectivity index (χ1) is 13.3. The molecule has 2 heterocycles. The fraction of sp³-hybridized carbons (Fsp3) is 0.444. The van der Waals surface area contributed by atoms with Crippen molar-refractivity contribution in [2.45, 2.75) is 40.7 Å². The molecule has 0 aromatic carbocycles. The Hall–Kier alpha value is -2.39. The smallest absolute Gasteiger partial charge is 0.348 e. The number of hydrogen-bond donors (Lipinski definition) is 1. The van der Waals surface area contributed by atoms with Crippen LogP contribution in [-0.4, -0.2) is 40.8 Å². The summed E-state index contributed by atoms with van der Waals surface area (Å²) in [7, 11) is 0. The zero-order chi connectivity index (χ0) is 20.8. The van der Waals surface area contributed by atoms with Gasteiger partial charge in [0.1, 0.15) is 16.4 Å². The van der Waals surface area contributed by atoms with Crippen LogP contribution < -0.4 is 5.32 Å². The lowest BCUT2D eigenvalue weighted by Crippen LogP contribution is -2.21. The summed E-state index contributed by atoms with van der Waals surface area (Å²) in [6, 6.07) is 0. The highest BCUT2D eigenvalue weighted by atomic mass is 35.5. The van der Waals surface area contributed by atoms with Crippen molar-refractivity contribution in [1.29, 1.82) is 0 Å². The van der Waals surface area contributed by atoms with Gasteiger partial charge in [-0.15, -0.1) is 11.3 Å². The molecule has 0 aliphatic heterocycles. The van der Waals surface area contributed by atoms with Gasteiger partial charge >= 0.3 is 11.9 Å². The number of esters is 2. The van der Waals surface area contributed by atoms with Crippen molar-refractivity contribution in [3.8, 4) is 0 Å². The van der Waals surface area contributed by atoms with Crippen LogP contribution >= 0.6 is 22.9 Å². The molecule has 8 nitrogen and oxygen atoms in total. The lowest BCUT2D eigenvalue weighted by molar-refractivity contribution is -0.116. The highest BCUT2D eigenvalue weighted by Gasteiger charge is 2.27. The first-order valence-corrected chi connectivity index (χ1v) is 9.94. The summed E-state index contributed by atoms with van der Waals surface area (Å²) in [6.07, 6.45) is 2.10. The minimum absolute atomic E-state index is 0.0896. The van der Waals surface area contributed by atoms with E-state index in [2.05, 4.69) is 10.4 Å². The van der Waals surface area contributed by atoms with Crippen LogP contribution in [0.1, 0.15) is 51.6 Å². The van der Waals surface area contributed by atoms with Gasteiger partial charge in [-0.3, -0.25) is 9.48 Å². The summed E-state index contributed by atoms with van der Waals surface area (Å²) in [5.74, 6) is -1.56. The van der Waals surface area contributed by atoms with Crippen molar-refractivity contribution in [2.24, 2.45) is 0 Å². The molecular formula is C18H22ClN3O5S. The average Bonchev–Trinajstić information content (AvgIpc) is 3.13. The van der Waals surface area contributed by atoms with Crippen LogP contribution in [0.4, 0.5) is 5.00 Å². The third-order valence-corrected chi connectivity index (χ3v) is 5.40. The maximum Gasteiger partial charge on any atom is 0.348 e. The van der Waals surface area contributed by atoms with Gasteiger partial charge in [-0.2, -0.15) is 5.10 Å². The first-order valence-electron chi connectivity index (χ1n) is 8.75. The number of anilines is 1. The molecule has 152 valence electrons. The van der Waals surface area contributed by atoms with Crippen molar-refractivity contribution < 1.29 is 23.9 Å². The monoisotopic (exact) mass is 427 g/mol. The summed E-state index contributed by atoms with van der Waals surface area (Å²) >= 11 is 6.93. The van der Waals surface area contributed by atoms with Crippen LogP contribution in [0.3, 0.4) is 0 Å². The zero-order valence-corrected chi connectivity index (χ0v) is 17.7. The second kappa shape index (κ2) is 9.70. The molecule has 0 saturated heterocycles. The third kappa shape index (κ3) is 4.90. The van der Waals surface area contributed by atoms with E-state index in [1.165, 1.54) is 10.9 Å². The minimum atomic E-state index is -0.597. The van der Waals surface area contributed by atoms with Gasteiger partial charge in [0.25, 0.3) is 0 Å². The van der Waals surface area contributed by atoms with Crippen LogP contribution in [-0.2, 0) is 20.8 Å². The largest absolute Gasteiger partial charge is 0.462 e. The van der Waals surface area contributed by atoms with E-state index in [9.17, 15) is 14.4 Å². The number of amides is 1. The average molecular weight is 428 g/mol. The predicted molar refractivity (Wildman–Crippen MR) is 106 cm³/mol. The number of hydrogen-bond acceptors (Lipinski definition) is 7. The number of carbonyl (C=O) groups is 3. The number of aromatic nitrogens is 2. The standard InChI is InChI=1S/C18H22ClN3O5S/c1-5-7-27-17(24)14-10(3)15(18(25)26-6-2)28-16(14)21-13(23)9-22-11(4)12(19)8-20-22/h8H,5-7,9H2,1-4H3,(H,21,23). The van der Waals surface area contributed by atoms with Crippen LogP contribution in [0.5, 0.6) is 0 Å². The van der Waals surface area contributed by atoms with E-state index in [0.29, 0.717) is 22.7 Å². The summed E-state index contributed by atoms with van der Waals surface area (Å²) in [5, 5.41) is 7.40. The minimum Gasteiger partial charge on any atom is -0.462 e. The molecular weight excluding hydrogens is 406 g/mol. The van der Waals surface area contributed by atoms with E-state index in [1.54, 1.807) is 20.8 Å². The quantitative estimate of drug-likeness (QED) is 0.646. The summed E-state index contributed by atoms with van der Waals surface area (Å²) in [5.41, 5.74) is 1.22. The zero-order valence-electron chi connectivity index (χ0n) is 16.1. The SMILES string of the molecule is CCCOC(=O)c1c(NC(=O)Cn2ncc(Cl)c2C)sc(C(=O)OCC)c1C. The molecule has 2 rings (SSSR count). The van der Waals surface area contributed by atoms with Crippen molar-refractivity contribution in [2.75, 3.05) is 18.5 Å². The molecule has 0 spiro atoms. The predicted octanol–water partition coefficient (Wildman–Crippen LogP) is 3.60. The molecule has 0 atom stereocenters. The molecule has 2 aromatic heterocycles. The maximum absolute atomic E-state index is 12.5. The van der Waals surface area contributed by atoms with E-state index in [1.807, 2.05) is 6.92 Å². The van der Waals surface area contributed by atoms with Gasteiger partial charge in [-0.05, 0) is 32.8 Å². The fourth-order valence-corrected chi connectivity index (χ4v) is 3.64. The second-order valence-corrected chi connectivity index (χ2v) is 7.33. The normalized spacial score (nSPS) is 10.6. The summed E-state index contributed by atoms with van der Waals surface area (Å²) in [4.78, 5) is 37.4. The van der Waals surface area contributed by atoms with Crippen LogP contribution in [0.25, 0.3) is 0 Å². The van der Waals surface area contributed by atoms with Gasteiger partial charge in [0.05, 0.1) is 35.7 Å². The topological polar surface area (TPSA) is 99.5 Å². The summed E-state index contributed by atoms with van der Waals surface area (Å²) in [6.45, 7) is 7.28. The Kier molecular flexibility index (Phi) is 7.59. The lowest BCUT2D eigenvalue weighted by atomic mass is 10.1. The van der Waals surface area contributed by atoms with Gasteiger partial charge in [0.2, 0.25) is 5.91 Å². The molecule has 0 aliphatic rings. The van der Waals surface area contributed by atoms with Crippen molar-refractivity contribution in [3.05, 3.63) is 32.9 Å². The number of nitrogens with one attached hydrogen (secondary N) is 1. The molecule has 0 unspecified atom stereocenters. The number of halogens is 1. The number of rotatable bonds is 8. The first kappa shape index (κ1) is 21.9. The van der Waals surface area contributed by atoms with Crippen LogP contribution in [0.2, 0.25) is 5.02 Å². The van der Waals surface area contributed by atoms with Crippen LogP contribution in [0.15, 0.2) is 6.20 Å². The van der Waals surface area contributed by atoms with E-state index in [-0.39, 0.29) is 35.2 Å². The molecule has 0 saturated carbocycles. The number of nitrogens with zero attached hydrogens (tertiary/aromatic N) is 2. The van der Waals surface area contributed by atoms with Crippen molar-refractivity contribution in [3.63, 3.8) is 0 Å². The molecule has 28 heavy (non-hydrogen) atoms. The number of ether oxygens (including phenoxy) is 2. The van der Waals surface area contributed by atoms with Crippen molar-refractivity contribution >= 4 is 45.8 Å². The van der Waals surface area contributed by atoms with Crippen LogP contribution in [0, 0.1) is 13.8 Å². The van der Waals surface area contributed by atoms with E-state index in [4.69, 9.17) is 21.1 Å². The molecule has 1 N–H and O–H groups in total. The van der Waals surface area contributed by atoms with E-state index in [0.717, 1.165) is 11.3 Å². The van der Waals surface area contributed by atoms with Gasteiger partial charge < -0.3 is 14.8 Å². The van der Waals surface area contributed by atoms with Gasteiger partial charge in [-0.25, -0.2) is 9.59 Å². The molecule has 10 heteroatoms. The molecule has 0 fully saturated rings.